The summed E-state index contributed by atoms with van der Waals surface area (Å²) in [6.07, 6.45) is 0. The lowest BCUT2D eigenvalue weighted by Crippen LogP contribution is -2.10. The summed E-state index contributed by atoms with van der Waals surface area (Å²) in [6.45, 7) is 1.88. The van der Waals surface area contributed by atoms with E-state index in [1.165, 1.54) is 23.5 Å². The zero-order valence-corrected chi connectivity index (χ0v) is 13.9. The molecule has 0 aliphatic heterocycles. The van der Waals surface area contributed by atoms with Crippen molar-refractivity contribution in [3.63, 3.8) is 0 Å². The van der Waals surface area contributed by atoms with Crippen molar-refractivity contribution in [1.82, 2.24) is 0 Å². The standard InChI is InChI=1S/C16H14N2O3S2/c1-10-5-7-11(8-6-10)23(19,20)21-13-3-2-4-14-12(13)9-15(22-14)16(17)18/h2-9H,1H3,(H3,17,18). The summed E-state index contributed by atoms with van der Waals surface area (Å²) in [5.74, 6) is 0.172. The van der Waals surface area contributed by atoms with E-state index in [0.29, 0.717) is 10.3 Å². The summed E-state index contributed by atoms with van der Waals surface area (Å²) in [4.78, 5) is 0.672. The molecule has 0 bridgehead atoms. The summed E-state index contributed by atoms with van der Waals surface area (Å²) in [5.41, 5.74) is 6.46. The van der Waals surface area contributed by atoms with E-state index >= 15 is 0 Å². The molecular weight excluding hydrogens is 332 g/mol. The first kappa shape index (κ1) is 15.5. The molecule has 0 radical (unpaired) electrons. The Balaban J connectivity index is 2.03. The highest BCUT2D eigenvalue weighted by molar-refractivity contribution is 7.87. The first-order chi connectivity index (χ1) is 10.9. The van der Waals surface area contributed by atoms with Crippen LogP contribution in [-0.2, 0) is 10.1 Å². The van der Waals surface area contributed by atoms with Gasteiger partial charge in [0.15, 0.2) is 5.75 Å². The van der Waals surface area contributed by atoms with Crippen molar-refractivity contribution in [3.05, 3.63) is 59.0 Å². The maximum atomic E-state index is 12.4. The lowest BCUT2D eigenvalue weighted by molar-refractivity contribution is 0.489. The van der Waals surface area contributed by atoms with Crippen molar-refractivity contribution in [2.75, 3.05) is 0 Å². The van der Waals surface area contributed by atoms with Gasteiger partial charge >= 0.3 is 10.1 Å². The molecule has 3 aromatic rings. The number of rotatable bonds is 4. The van der Waals surface area contributed by atoms with E-state index < -0.39 is 10.1 Å². The van der Waals surface area contributed by atoms with Gasteiger partial charge in [0, 0.05) is 10.1 Å². The van der Waals surface area contributed by atoms with Gasteiger partial charge in [-0.2, -0.15) is 8.42 Å². The minimum absolute atomic E-state index is 0.0569. The van der Waals surface area contributed by atoms with Gasteiger partial charge in [-0.15, -0.1) is 11.3 Å². The van der Waals surface area contributed by atoms with Crippen LogP contribution in [0.2, 0.25) is 0 Å². The van der Waals surface area contributed by atoms with Crippen molar-refractivity contribution in [1.29, 1.82) is 5.41 Å². The molecule has 3 rings (SSSR count). The van der Waals surface area contributed by atoms with E-state index in [2.05, 4.69) is 0 Å². The molecule has 23 heavy (non-hydrogen) atoms. The highest BCUT2D eigenvalue weighted by atomic mass is 32.2. The van der Waals surface area contributed by atoms with Crippen LogP contribution in [0.15, 0.2) is 53.4 Å². The second-order valence-electron chi connectivity index (χ2n) is 5.04. The van der Waals surface area contributed by atoms with Gasteiger partial charge in [-0.3, -0.25) is 5.41 Å². The van der Waals surface area contributed by atoms with E-state index in [4.69, 9.17) is 15.3 Å². The van der Waals surface area contributed by atoms with Crippen LogP contribution in [0.4, 0.5) is 0 Å². The summed E-state index contributed by atoms with van der Waals surface area (Å²) in [5, 5.41) is 8.13. The maximum Gasteiger partial charge on any atom is 0.339 e. The molecule has 0 saturated carbocycles. The van der Waals surface area contributed by atoms with Crippen LogP contribution in [0.1, 0.15) is 10.4 Å². The molecule has 7 heteroatoms. The normalized spacial score (nSPS) is 11.5. The lowest BCUT2D eigenvalue weighted by Gasteiger charge is -2.08. The number of fused-ring (bicyclic) bond motifs is 1. The summed E-state index contributed by atoms with van der Waals surface area (Å²) < 4.78 is 30.9. The number of aryl methyl sites for hydroxylation is 1. The van der Waals surface area contributed by atoms with Crippen molar-refractivity contribution in [2.24, 2.45) is 5.73 Å². The highest BCUT2D eigenvalue weighted by Crippen LogP contribution is 2.34. The smallest absolute Gasteiger partial charge is 0.339 e. The van der Waals surface area contributed by atoms with Crippen LogP contribution in [0.3, 0.4) is 0 Å². The fraction of sp³-hybridized carbons (Fsp3) is 0.0625. The Morgan fingerprint density at radius 3 is 2.52 bits per heavy atom. The van der Waals surface area contributed by atoms with Gasteiger partial charge in [-0.05, 0) is 37.3 Å². The van der Waals surface area contributed by atoms with Crippen LogP contribution >= 0.6 is 11.3 Å². The minimum Gasteiger partial charge on any atom is -0.383 e. The second kappa shape index (κ2) is 5.68. The van der Waals surface area contributed by atoms with Crippen molar-refractivity contribution >= 4 is 37.4 Å². The van der Waals surface area contributed by atoms with Gasteiger partial charge in [0.2, 0.25) is 0 Å². The Hall–Kier alpha value is -2.38. The third kappa shape index (κ3) is 3.06. The molecule has 0 unspecified atom stereocenters. The minimum atomic E-state index is -3.91. The number of amidine groups is 1. The number of hydrogen-bond acceptors (Lipinski definition) is 5. The van der Waals surface area contributed by atoms with Gasteiger partial charge in [0.1, 0.15) is 10.7 Å². The summed E-state index contributed by atoms with van der Waals surface area (Å²) >= 11 is 1.32. The second-order valence-corrected chi connectivity index (χ2v) is 7.67. The van der Waals surface area contributed by atoms with Gasteiger partial charge < -0.3 is 9.92 Å². The van der Waals surface area contributed by atoms with Crippen molar-refractivity contribution in [2.45, 2.75) is 11.8 Å². The number of thiophene rings is 1. The molecule has 3 N–H and O–H groups in total. The van der Waals surface area contributed by atoms with Crippen LogP contribution in [0, 0.1) is 12.3 Å². The molecule has 5 nitrogen and oxygen atoms in total. The fourth-order valence-electron chi connectivity index (χ4n) is 2.11. The first-order valence-electron chi connectivity index (χ1n) is 6.75. The number of hydrogen-bond donors (Lipinski definition) is 2. The van der Waals surface area contributed by atoms with E-state index in [9.17, 15) is 8.42 Å². The number of nitrogens with two attached hydrogens (primary N) is 1. The molecule has 0 aliphatic rings. The highest BCUT2D eigenvalue weighted by Gasteiger charge is 2.19. The fourth-order valence-corrected chi connectivity index (χ4v) is 4.00. The van der Waals surface area contributed by atoms with Crippen LogP contribution in [0.5, 0.6) is 5.75 Å². The Kier molecular flexibility index (Phi) is 3.83. The molecule has 118 valence electrons. The maximum absolute atomic E-state index is 12.4. The molecule has 1 aromatic heterocycles. The Labute approximate surface area is 138 Å². The molecule has 1 heterocycles. The van der Waals surface area contributed by atoms with Gasteiger partial charge in [-0.25, -0.2) is 0 Å². The molecule has 2 aromatic carbocycles. The summed E-state index contributed by atoms with van der Waals surface area (Å²) in [7, 11) is -3.91. The molecular formula is C16H14N2O3S2. The van der Waals surface area contributed by atoms with E-state index in [-0.39, 0.29) is 16.5 Å². The van der Waals surface area contributed by atoms with E-state index in [0.717, 1.165) is 10.3 Å². The monoisotopic (exact) mass is 346 g/mol. The quantitative estimate of drug-likeness (QED) is 0.431. The Morgan fingerprint density at radius 1 is 1.17 bits per heavy atom. The van der Waals surface area contributed by atoms with Crippen LogP contribution in [-0.4, -0.2) is 14.3 Å². The number of nitrogens with one attached hydrogen (secondary N) is 1. The third-order valence-corrected chi connectivity index (χ3v) is 5.68. The van der Waals surface area contributed by atoms with Crippen molar-refractivity contribution < 1.29 is 12.6 Å². The average Bonchev–Trinajstić information content (AvgIpc) is 2.93. The molecule has 0 saturated heterocycles. The largest absolute Gasteiger partial charge is 0.383 e. The molecule has 0 spiro atoms. The molecule has 0 aliphatic carbocycles. The van der Waals surface area contributed by atoms with Crippen molar-refractivity contribution in [3.8, 4) is 5.75 Å². The van der Waals surface area contributed by atoms with Gasteiger partial charge in [0.05, 0.1) is 4.88 Å². The molecule has 0 atom stereocenters. The molecule has 0 fully saturated rings. The summed E-state index contributed by atoms with van der Waals surface area (Å²) in [6, 6.07) is 13.3. The Bertz CT molecular complexity index is 990. The lowest BCUT2D eigenvalue weighted by atomic mass is 10.2. The van der Waals surface area contributed by atoms with E-state index in [1.54, 1.807) is 30.3 Å². The topological polar surface area (TPSA) is 93.2 Å². The zero-order valence-electron chi connectivity index (χ0n) is 12.2. The number of benzene rings is 2. The first-order valence-corrected chi connectivity index (χ1v) is 8.97. The average molecular weight is 346 g/mol. The Morgan fingerprint density at radius 2 is 1.87 bits per heavy atom. The SMILES string of the molecule is Cc1ccc(S(=O)(=O)Oc2cccc3sc(C(=N)N)cc23)cc1. The predicted molar refractivity (Wildman–Crippen MR) is 91.8 cm³/mol. The third-order valence-electron chi connectivity index (χ3n) is 3.30. The van der Waals surface area contributed by atoms with Crippen LogP contribution < -0.4 is 9.92 Å². The van der Waals surface area contributed by atoms with E-state index in [1.807, 2.05) is 13.0 Å². The van der Waals surface area contributed by atoms with Crippen LogP contribution in [0.25, 0.3) is 10.1 Å². The van der Waals surface area contributed by atoms with Gasteiger partial charge in [-0.1, -0.05) is 23.8 Å². The molecule has 0 amide bonds. The van der Waals surface area contributed by atoms with Gasteiger partial charge in [0.25, 0.3) is 0 Å². The predicted octanol–water partition coefficient (Wildman–Crippen LogP) is 3.26. The number of nitrogen functional groups attached to an aromatic ring is 1. The zero-order chi connectivity index (χ0) is 16.6.